The van der Waals surface area contributed by atoms with Crippen molar-refractivity contribution in [3.05, 3.63) is 59.1 Å². The molecule has 1 amide bonds. The Balaban J connectivity index is 1.31. The molecule has 1 saturated heterocycles. The van der Waals surface area contributed by atoms with E-state index in [2.05, 4.69) is 17.1 Å². The van der Waals surface area contributed by atoms with E-state index in [0.717, 1.165) is 55.6 Å². The van der Waals surface area contributed by atoms with Gasteiger partial charge in [-0.2, -0.15) is 0 Å². The number of piperidine rings is 1. The number of carbonyl (C=O) groups is 1. The maximum absolute atomic E-state index is 13.5. The Morgan fingerprint density at radius 2 is 1.76 bits per heavy atom. The minimum Gasteiger partial charge on any atom is -0.494 e. The predicted octanol–water partition coefficient (Wildman–Crippen LogP) is 6.82. The first kappa shape index (κ1) is 24.1. The normalized spacial score (nSPS) is 20.8. The molecule has 1 aliphatic carbocycles. The van der Waals surface area contributed by atoms with E-state index in [0.29, 0.717) is 17.7 Å². The van der Waals surface area contributed by atoms with Gasteiger partial charge in [-0.25, -0.2) is 0 Å². The SMILES string of the molecule is C[C@H]1CCCCN1CCCOc1ccc(NC(=O)C2(c3ccc(Cl)cc3)CCCCC2)cc1. The standard InChI is InChI=1S/C28H37ClN2O2/c1-22-8-3-6-19-31(22)20-7-21-33-26-15-13-25(14-16-26)30-27(32)28(17-4-2-5-18-28)23-9-11-24(29)12-10-23/h9-16,22H,2-8,17-21H2,1H3,(H,30,32)/t22-/m0/s1. The monoisotopic (exact) mass is 468 g/mol. The van der Waals surface area contributed by atoms with Gasteiger partial charge in [0.1, 0.15) is 5.75 Å². The number of hydrogen-bond donors (Lipinski definition) is 1. The number of nitrogens with one attached hydrogen (secondary N) is 1. The Kier molecular flexibility index (Phi) is 8.32. The fourth-order valence-corrected chi connectivity index (χ4v) is 5.53. The summed E-state index contributed by atoms with van der Waals surface area (Å²) in [6.07, 6.45) is 10.1. The van der Waals surface area contributed by atoms with E-state index >= 15 is 0 Å². The second kappa shape index (κ2) is 11.4. The molecule has 2 aliphatic rings. The topological polar surface area (TPSA) is 41.6 Å². The molecule has 0 aromatic heterocycles. The summed E-state index contributed by atoms with van der Waals surface area (Å²) in [7, 11) is 0. The minimum absolute atomic E-state index is 0.0776. The molecule has 2 aromatic rings. The van der Waals surface area contributed by atoms with Gasteiger partial charge >= 0.3 is 0 Å². The molecule has 0 unspecified atom stereocenters. The minimum atomic E-state index is -0.483. The van der Waals surface area contributed by atoms with Crippen LogP contribution in [-0.2, 0) is 10.2 Å². The van der Waals surface area contributed by atoms with Crippen molar-refractivity contribution in [3.63, 3.8) is 0 Å². The maximum atomic E-state index is 13.5. The van der Waals surface area contributed by atoms with Crippen molar-refractivity contribution in [1.82, 2.24) is 4.90 Å². The number of benzene rings is 2. The van der Waals surface area contributed by atoms with Crippen LogP contribution in [0.4, 0.5) is 5.69 Å². The third kappa shape index (κ3) is 6.10. The lowest BCUT2D eigenvalue weighted by Crippen LogP contribution is -2.42. The lowest BCUT2D eigenvalue weighted by molar-refractivity contribution is -0.122. The van der Waals surface area contributed by atoms with Crippen LogP contribution in [-0.4, -0.2) is 36.5 Å². The van der Waals surface area contributed by atoms with Crippen LogP contribution in [0.2, 0.25) is 5.02 Å². The molecule has 33 heavy (non-hydrogen) atoms. The molecule has 2 fully saturated rings. The number of anilines is 1. The largest absolute Gasteiger partial charge is 0.494 e. The highest BCUT2D eigenvalue weighted by Crippen LogP contribution is 2.41. The van der Waals surface area contributed by atoms with Crippen LogP contribution in [0.15, 0.2) is 48.5 Å². The van der Waals surface area contributed by atoms with Crippen LogP contribution in [0.25, 0.3) is 0 Å². The number of nitrogens with zero attached hydrogens (tertiary/aromatic N) is 1. The summed E-state index contributed by atoms with van der Waals surface area (Å²) < 4.78 is 5.96. The molecule has 4 rings (SSSR count). The lowest BCUT2D eigenvalue weighted by Gasteiger charge is -2.36. The average molecular weight is 469 g/mol. The number of rotatable bonds is 8. The molecule has 5 heteroatoms. The van der Waals surface area contributed by atoms with Crippen LogP contribution in [0.5, 0.6) is 5.75 Å². The second-order valence-corrected chi connectivity index (χ2v) is 10.1. The summed E-state index contributed by atoms with van der Waals surface area (Å²) in [5.41, 5.74) is 1.39. The number of carbonyl (C=O) groups excluding carboxylic acids is 1. The summed E-state index contributed by atoms with van der Waals surface area (Å²) in [4.78, 5) is 16.0. The van der Waals surface area contributed by atoms with Crippen molar-refractivity contribution in [2.75, 3.05) is 25.0 Å². The van der Waals surface area contributed by atoms with Gasteiger partial charge in [0, 0.05) is 23.3 Å². The second-order valence-electron chi connectivity index (χ2n) is 9.71. The van der Waals surface area contributed by atoms with Crippen LogP contribution >= 0.6 is 11.6 Å². The van der Waals surface area contributed by atoms with E-state index < -0.39 is 5.41 Å². The van der Waals surface area contributed by atoms with E-state index in [1.807, 2.05) is 48.5 Å². The molecule has 0 radical (unpaired) electrons. The third-order valence-corrected chi connectivity index (χ3v) is 7.70. The van der Waals surface area contributed by atoms with E-state index in [1.165, 1.54) is 32.2 Å². The fourth-order valence-electron chi connectivity index (χ4n) is 5.40. The third-order valence-electron chi connectivity index (χ3n) is 7.45. The Morgan fingerprint density at radius 3 is 2.45 bits per heavy atom. The van der Waals surface area contributed by atoms with Crippen molar-refractivity contribution in [1.29, 1.82) is 0 Å². The number of hydrogen-bond acceptors (Lipinski definition) is 3. The van der Waals surface area contributed by atoms with Crippen molar-refractivity contribution in [3.8, 4) is 5.75 Å². The van der Waals surface area contributed by atoms with Gasteiger partial charge in [0.15, 0.2) is 0 Å². The number of ether oxygens (including phenoxy) is 1. The smallest absolute Gasteiger partial charge is 0.235 e. The number of halogens is 1. The number of amides is 1. The van der Waals surface area contributed by atoms with Crippen LogP contribution in [0, 0.1) is 0 Å². The van der Waals surface area contributed by atoms with Crippen molar-refractivity contribution >= 4 is 23.2 Å². The van der Waals surface area contributed by atoms with E-state index in [4.69, 9.17) is 16.3 Å². The highest BCUT2D eigenvalue weighted by Gasteiger charge is 2.41. The predicted molar refractivity (Wildman–Crippen MR) is 136 cm³/mol. The van der Waals surface area contributed by atoms with Gasteiger partial charge in [-0.05, 0) is 87.5 Å². The summed E-state index contributed by atoms with van der Waals surface area (Å²) in [6, 6.07) is 16.3. The van der Waals surface area contributed by atoms with Crippen LogP contribution in [0.1, 0.15) is 70.3 Å². The van der Waals surface area contributed by atoms with Crippen molar-refractivity contribution in [2.24, 2.45) is 0 Å². The molecular formula is C28H37ClN2O2. The van der Waals surface area contributed by atoms with Gasteiger partial charge in [0.05, 0.1) is 12.0 Å². The Labute approximate surface area is 203 Å². The van der Waals surface area contributed by atoms with Crippen LogP contribution in [0.3, 0.4) is 0 Å². The fraction of sp³-hybridized carbons (Fsp3) is 0.536. The molecule has 1 N–H and O–H groups in total. The highest BCUT2D eigenvalue weighted by molar-refractivity contribution is 6.30. The molecular weight excluding hydrogens is 432 g/mol. The maximum Gasteiger partial charge on any atom is 0.235 e. The average Bonchev–Trinajstić information content (AvgIpc) is 2.84. The first-order chi connectivity index (χ1) is 16.1. The molecule has 178 valence electrons. The van der Waals surface area contributed by atoms with E-state index in [9.17, 15) is 4.79 Å². The Hall–Kier alpha value is -2.04. The van der Waals surface area contributed by atoms with Gasteiger partial charge in [-0.3, -0.25) is 4.79 Å². The van der Waals surface area contributed by atoms with Gasteiger partial charge in [-0.1, -0.05) is 49.4 Å². The van der Waals surface area contributed by atoms with E-state index in [-0.39, 0.29) is 5.91 Å². The summed E-state index contributed by atoms with van der Waals surface area (Å²) >= 11 is 6.10. The molecule has 2 aromatic carbocycles. The Morgan fingerprint density at radius 1 is 1.03 bits per heavy atom. The van der Waals surface area contributed by atoms with Gasteiger partial charge < -0.3 is 15.0 Å². The van der Waals surface area contributed by atoms with Gasteiger partial charge in [-0.15, -0.1) is 0 Å². The molecule has 4 nitrogen and oxygen atoms in total. The van der Waals surface area contributed by atoms with Crippen molar-refractivity contribution in [2.45, 2.75) is 76.2 Å². The summed E-state index contributed by atoms with van der Waals surface area (Å²) in [5, 5.41) is 3.87. The van der Waals surface area contributed by atoms with E-state index in [1.54, 1.807) is 0 Å². The summed E-state index contributed by atoms with van der Waals surface area (Å²) in [5.74, 6) is 0.929. The first-order valence-electron chi connectivity index (χ1n) is 12.6. The zero-order valence-corrected chi connectivity index (χ0v) is 20.6. The lowest BCUT2D eigenvalue weighted by atomic mass is 9.68. The zero-order chi connectivity index (χ0) is 23.1. The molecule has 1 heterocycles. The quantitative estimate of drug-likeness (QED) is 0.432. The zero-order valence-electron chi connectivity index (χ0n) is 19.8. The number of likely N-dealkylation sites (tertiary alicyclic amines) is 1. The molecule has 0 bridgehead atoms. The summed E-state index contributed by atoms with van der Waals surface area (Å²) in [6.45, 7) is 5.36. The molecule has 0 spiro atoms. The van der Waals surface area contributed by atoms with Gasteiger partial charge in [0.2, 0.25) is 5.91 Å². The van der Waals surface area contributed by atoms with Gasteiger partial charge in [0.25, 0.3) is 0 Å². The Bertz CT molecular complexity index is 891. The molecule has 1 aliphatic heterocycles. The van der Waals surface area contributed by atoms with Crippen LogP contribution < -0.4 is 10.1 Å². The highest BCUT2D eigenvalue weighted by atomic mass is 35.5. The molecule has 1 atom stereocenters. The van der Waals surface area contributed by atoms with Crippen molar-refractivity contribution < 1.29 is 9.53 Å². The first-order valence-corrected chi connectivity index (χ1v) is 13.0. The molecule has 1 saturated carbocycles.